The molecule has 1 N–H and O–H groups in total. The van der Waals surface area contributed by atoms with Crippen LogP contribution in [-0.2, 0) is 4.79 Å². The molecule has 5 heteroatoms. The predicted octanol–water partition coefficient (Wildman–Crippen LogP) is 4.73. The van der Waals surface area contributed by atoms with Gasteiger partial charge in [0.1, 0.15) is 16.9 Å². The number of carbonyl (C=O) groups is 1. The molecule has 0 amide bonds. The number of hydrazone groups is 1. The van der Waals surface area contributed by atoms with E-state index in [9.17, 15) is 4.79 Å². The number of hydrogen-bond donors (Lipinski definition) is 1. The van der Waals surface area contributed by atoms with Crippen molar-refractivity contribution in [1.82, 2.24) is 5.43 Å². The zero-order chi connectivity index (χ0) is 19.9. The summed E-state index contributed by atoms with van der Waals surface area (Å²) >= 11 is 0. The Bertz CT molecular complexity index is 1000. The van der Waals surface area contributed by atoms with Crippen LogP contribution in [0.15, 0.2) is 81.7 Å². The Morgan fingerprint density at radius 3 is 2.18 bits per heavy atom. The molecular weight excluding hydrogens is 348 g/mol. The number of benzene rings is 2. The summed E-state index contributed by atoms with van der Waals surface area (Å²) in [6.45, 7) is 8.07. The number of allylic oxidation sites excluding steroid dienone is 1. The van der Waals surface area contributed by atoms with Crippen LogP contribution in [0.3, 0.4) is 0 Å². The molecule has 0 radical (unpaired) electrons. The highest BCUT2D eigenvalue weighted by atomic mass is 16.1. The van der Waals surface area contributed by atoms with Crippen LogP contribution in [0.25, 0.3) is 5.57 Å². The van der Waals surface area contributed by atoms with Crippen LogP contribution in [0.5, 0.6) is 0 Å². The van der Waals surface area contributed by atoms with Gasteiger partial charge in [-0.15, -0.1) is 0 Å². The van der Waals surface area contributed by atoms with Gasteiger partial charge in [-0.05, 0) is 38.8 Å². The molecule has 0 saturated carbocycles. The fourth-order valence-electron chi connectivity index (χ4n) is 4.02. The van der Waals surface area contributed by atoms with E-state index in [1.165, 1.54) is 0 Å². The average molecular weight is 372 g/mol. The number of ketones is 1. The molecule has 28 heavy (non-hydrogen) atoms. The van der Waals surface area contributed by atoms with Gasteiger partial charge in [0.25, 0.3) is 0 Å². The molecule has 142 valence electrons. The Morgan fingerprint density at radius 1 is 0.929 bits per heavy atom. The zero-order valence-electron chi connectivity index (χ0n) is 16.6. The van der Waals surface area contributed by atoms with Crippen molar-refractivity contribution in [2.75, 3.05) is 0 Å². The largest absolute Gasteiger partial charge is 0.303 e. The predicted molar refractivity (Wildman–Crippen MR) is 111 cm³/mol. The Labute approximate surface area is 165 Å². The summed E-state index contributed by atoms with van der Waals surface area (Å²) in [6.07, 6.45) is 0. The Balaban J connectivity index is 1.81. The summed E-state index contributed by atoms with van der Waals surface area (Å²) in [5.74, 6) is -0.329. The third kappa shape index (κ3) is 2.97. The molecule has 5 nitrogen and oxygen atoms in total. The minimum absolute atomic E-state index is 0.162. The van der Waals surface area contributed by atoms with Gasteiger partial charge in [-0.25, -0.2) is 0 Å². The SMILES string of the molecule is CC1(C)N=NC(C(=O)C2=NNC(C)(C)[C@@H]2c2ccccc2)=C1c1ccccc1. The van der Waals surface area contributed by atoms with Gasteiger partial charge in [-0.2, -0.15) is 15.3 Å². The van der Waals surface area contributed by atoms with Gasteiger partial charge in [0.05, 0.1) is 11.5 Å². The van der Waals surface area contributed by atoms with Crippen LogP contribution in [0, 0.1) is 0 Å². The summed E-state index contributed by atoms with van der Waals surface area (Å²) < 4.78 is 0. The van der Waals surface area contributed by atoms with E-state index in [-0.39, 0.29) is 17.2 Å². The molecule has 2 aliphatic rings. The third-order valence-electron chi connectivity index (χ3n) is 5.35. The second kappa shape index (κ2) is 6.51. The van der Waals surface area contributed by atoms with E-state index in [1.807, 2.05) is 74.5 Å². The molecule has 0 aromatic heterocycles. The van der Waals surface area contributed by atoms with Crippen molar-refractivity contribution in [2.24, 2.45) is 15.3 Å². The summed E-state index contributed by atoms with van der Waals surface area (Å²) in [6, 6.07) is 19.9. The van der Waals surface area contributed by atoms with Gasteiger partial charge in [0, 0.05) is 5.57 Å². The average Bonchev–Trinajstić information content (AvgIpc) is 3.17. The Kier molecular flexibility index (Phi) is 4.26. The topological polar surface area (TPSA) is 66.2 Å². The maximum Gasteiger partial charge on any atom is 0.230 e. The van der Waals surface area contributed by atoms with E-state index in [2.05, 4.69) is 34.6 Å². The molecule has 0 fully saturated rings. The molecule has 0 spiro atoms. The highest BCUT2D eigenvalue weighted by Crippen LogP contribution is 2.41. The van der Waals surface area contributed by atoms with Crippen molar-refractivity contribution in [2.45, 2.75) is 44.7 Å². The Morgan fingerprint density at radius 2 is 1.54 bits per heavy atom. The van der Waals surface area contributed by atoms with Crippen LogP contribution in [-0.4, -0.2) is 22.6 Å². The van der Waals surface area contributed by atoms with Crippen molar-refractivity contribution < 1.29 is 4.79 Å². The molecule has 2 heterocycles. The lowest BCUT2D eigenvalue weighted by Crippen LogP contribution is -2.40. The number of nitrogens with zero attached hydrogens (tertiary/aromatic N) is 3. The van der Waals surface area contributed by atoms with Gasteiger partial charge in [-0.3, -0.25) is 4.79 Å². The first kappa shape index (κ1) is 18.3. The monoisotopic (exact) mass is 372 g/mol. The van der Waals surface area contributed by atoms with E-state index in [4.69, 9.17) is 0 Å². The van der Waals surface area contributed by atoms with Gasteiger partial charge in [0.15, 0.2) is 0 Å². The van der Waals surface area contributed by atoms with Crippen LogP contribution in [0.1, 0.15) is 44.7 Å². The zero-order valence-corrected chi connectivity index (χ0v) is 16.6. The normalized spacial score (nSPS) is 22.1. The summed E-state index contributed by atoms with van der Waals surface area (Å²) in [5, 5.41) is 13.1. The number of azo groups is 1. The van der Waals surface area contributed by atoms with Gasteiger partial charge < -0.3 is 5.43 Å². The molecular formula is C23H24N4O. The van der Waals surface area contributed by atoms with Crippen molar-refractivity contribution in [1.29, 1.82) is 0 Å². The van der Waals surface area contributed by atoms with Gasteiger partial charge in [0.2, 0.25) is 5.78 Å². The fourth-order valence-corrected chi connectivity index (χ4v) is 4.02. The summed E-state index contributed by atoms with van der Waals surface area (Å²) in [7, 11) is 0. The molecule has 2 aliphatic heterocycles. The van der Waals surface area contributed by atoms with Crippen LogP contribution >= 0.6 is 0 Å². The molecule has 4 rings (SSSR count). The van der Waals surface area contributed by atoms with E-state index in [1.54, 1.807) is 0 Å². The molecule has 2 aromatic rings. The van der Waals surface area contributed by atoms with Crippen molar-refractivity contribution >= 4 is 17.1 Å². The smallest absolute Gasteiger partial charge is 0.230 e. The lowest BCUT2D eigenvalue weighted by molar-refractivity contribution is -0.109. The summed E-state index contributed by atoms with van der Waals surface area (Å²) in [4.78, 5) is 13.6. The molecule has 0 aliphatic carbocycles. The van der Waals surface area contributed by atoms with E-state index in [0.29, 0.717) is 11.4 Å². The maximum atomic E-state index is 13.6. The second-order valence-electron chi connectivity index (χ2n) is 8.35. The fraction of sp³-hybridized carbons (Fsp3) is 0.304. The number of rotatable bonds is 4. The molecule has 0 unspecified atom stereocenters. The number of carbonyl (C=O) groups excluding carboxylic acids is 1. The molecule has 0 saturated heterocycles. The van der Waals surface area contributed by atoms with E-state index < -0.39 is 5.54 Å². The lowest BCUT2D eigenvalue weighted by Gasteiger charge is -2.27. The maximum absolute atomic E-state index is 13.6. The molecule has 1 atom stereocenters. The number of nitrogens with one attached hydrogen (secondary N) is 1. The first-order valence-corrected chi connectivity index (χ1v) is 9.49. The number of Topliss-reactive ketones (excluding diaryl/α,β-unsaturated/α-hetero) is 1. The van der Waals surface area contributed by atoms with Crippen molar-refractivity contribution in [3.05, 3.63) is 77.5 Å². The first-order chi connectivity index (χ1) is 13.3. The van der Waals surface area contributed by atoms with Crippen LogP contribution < -0.4 is 5.43 Å². The number of hydrogen-bond acceptors (Lipinski definition) is 5. The lowest BCUT2D eigenvalue weighted by atomic mass is 9.77. The molecule has 0 bridgehead atoms. The minimum atomic E-state index is -0.559. The third-order valence-corrected chi connectivity index (χ3v) is 5.35. The second-order valence-corrected chi connectivity index (χ2v) is 8.35. The summed E-state index contributed by atoms with van der Waals surface area (Å²) in [5.41, 5.74) is 5.95. The van der Waals surface area contributed by atoms with E-state index >= 15 is 0 Å². The quantitative estimate of drug-likeness (QED) is 0.843. The molecule has 2 aromatic carbocycles. The minimum Gasteiger partial charge on any atom is -0.303 e. The van der Waals surface area contributed by atoms with Crippen LogP contribution in [0.2, 0.25) is 0 Å². The van der Waals surface area contributed by atoms with E-state index in [0.717, 1.165) is 16.7 Å². The Hall–Kier alpha value is -3.08. The first-order valence-electron chi connectivity index (χ1n) is 9.49. The van der Waals surface area contributed by atoms with Crippen LogP contribution in [0.4, 0.5) is 0 Å². The highest BCUT2D eigenvalue weighted by Gasteiger charge is 2.45. The highest BCUT2D eigenvalue weighted by molar-refractivity contribution is 6.49. The van der Waals surface area contributed by atoms with Gasteiger partial charge >= 0.3 is 0 Å². The van der Waals surface area contributed by atoms with Crippen molar-refractivity contribution in [3.63, 3.8) is 0 Å². The standard InChI is InChI=1S/C23H24N4O/c1-22(2)17(15-11-7-5-8-12-15)19(24-26-22)21(28)20-18(23(3,4)27-25-20)16-13-9-6-10-14-16/h5-14,17,26H,1-4H3/t17-/m1/s1. The van der Waals surface area contributed by atoms with Crippen molar-refractivity contribution in [3.8, 4) is 0 Å². The van der Waals surface area contributed by atoms with Gasteiger partial charge in [-0.1, -0.05) is 60.7 Å².